The Kier molecular flexibility index (Phi) is 3.89. The first-order chi connectivity index (χ1) is 11.1. The van der Waals surface area contributed by atoms with Crippen molar-refractivity contribution in [1.29, 1.82) is 0 Å². The highest BCUT2D eigenvalue weighted by Crippen LogP contribution is 2.29. The van der Waals surface area contributed by atoms with Gasteiger partial charge in [0.25, 0.3) is 5.91 Å². The van der Waals surface area contributed by atoms with Crippen LogP contribution in [0.15, 0.2) is 40.8 Å². The first-order valence-corrected chi connectivity index (χ1v) is 7.01. The molecule has 2 aromatic heterocycles. The summed E-state index contributed by atoms with van der Waals surface area (Å²) in [5, 5.41) is 2.76. The summed E-state index contributed by atoms with van der Waals surface area (Å²) >= 11 is 0. The van der Waals surface area contributed by atoms with Gasteiger partial charge in [0, 0.05) is 17.8 Å². The smallest absolute Gasteiger partial charge is 0.291 e. The normalized spacial score (nSPS) is 10.6. The van der Waals surface area contributed by atoms with Crippen LogP contribution >= 0.6 is 0 Å². The number of pyridine rings is 1. The van der Waals surface area contributed by atoms with Gasteiger partial charge < -0.3 is 19.2 Å². The maximum absolute atomic E-state index is 12.4. The molecule has 0 atom stereocenters. The van der Waals surface area contributed by atoms with E-state index in [4.69, 9.17) is 13.9 Å². The number of anilines is 1. The average Bonchev–Trinajstić information content (AvgIpc) is 2.98. The Morgan fingerprint density at radius 1 is 1.13 bits per heavy atom. The lowest BCUT2D eigenvalue weighted by Gasteiger charge is -2.10. The number of hydrogen-bond acceptors (Lipinski definition) is 5. The summed E-state index contributed by atoms with van der Waals surface area (Å²) in [6, 6.07) is 10.4. The van der Waals surface area contributed by atoms with Crippen LogP contribution in [0.2, 0.25) is 0 Å². The molecule has 0 aliphatic heterocycles. The van der Waals surface area contributed by atoms with Crippen molar-refractivity contribution in [1.82, 2.24) is 4.98 Å². The van der Waals surface area contributed by atoms with Gasteiger partial charge in [-0.1, -0.05) is 0 Å². The van der Waals surface area contributed by atoms with Crippen LogP contribution in [0, 0.1) is 6.92 Å². The van der Waals surface area contributed by atoms with Crippen LogP contribution in [0.25, 0.3) is 11.1 Å². The molecule has 0 spiro atoms. The molecule has 0 radical (unpaired) electrons. The van der Waals surface area contributed by atoms with Crippen LogP contribution in [0.3, 0.4) is 0 Å². The number of methoxy groups -OCH3 is 2. The molecule has 0 unspecified atom stereocenters. The zero-order valence-corrected chi connectivity index (χ0v) is 13.0. The van der Waals surface area contributed by atoms with E-state index >= 15 is 0 Å². The molecule has 2 heterocycles. The molecule has 6 nitrogen and oxygen atoms in total. The molecule has 23 heavy (non-hydrogen) atoms. The Morgan fingerprint density at radius 2 is 1.96 bits per heavy atom. The zero-order valence-electron chi connectivity index (χ0n) is 13.0. The summed E-state index contributed by atoms with van der Waals surface area (Å²) in [6.45, 7) is 1.88. The predicted octanol–water partition coefficient (Wildman–Crippen LogP) is 3.41. The molecule has 1 N–H and O–H groups in total. The van der Waals surface area contributed by atoms with Gasteiger partial charge in [0.2, 0.25) is 0 Å². The van der Waals surface area contributed by atoms with Crippen molar-refractivity contribution in [2.24, 2.45) is 0 Å². The van der Waals surface area contributed by atoms with E-state index in [0.29, 0.717) is 28.3 Å². The van der Waals surface area contributed by atoms with Gasteiger partial charge in [-0.25, -0.2) is 4.98 Å². The highest BCUT2D eigenvalue weighted by molar-refractivity contribution is 6.05. The highest BCUT2D eigenvalue weighted by atomic mass is 16.5. The number of nitrogens with zero attached hydrogens (tertiary/aromatic N) is 1. The molecule has 0 fully saturated rings. The van der Waals surface area contributed by atoms with Crippen molar-refractivity contribution >= 4 is 22.7 Å². The minimum Gasteiger partial charge on any atom is -0.497 e. The molecule has 0 aliphatic carbocycles. The number of ether oxygens (including phenoxy) is 2. The molecule has 118 valence electrons. The number of benzene rings is 1. The van der Waals surface area contributed by atoms with E-state index in [2.05, 4.69) is 10.3 Å². The average molecular weight is 312 g/mol. The van der Waals surface area contributed by atoms with Crippen LogP contribution in [0.1, 0.15) is 16.2 Å². The molecular weight excluding hydrogens is 296 g/mol. The van der Waals surface area contributed by atoms with Gasteiger partial charge in [-0.2, -0.15) is 0 Å². The summed E-state index contributed by atoms with van der Waals surface area (Å²) in [6.07, 6.45) is 0. The SMILES string of the molecule is COc1ccc(NC(=O)c2cc3nc(C)ccc3o2)c(OC)c1. The van der Waals surface area contributed by atoms with Crippen LogP contribution in [-0.4, -0.2) is 25.1 Å². The van der Waals surface area contributed by atoms with Gasteiger partial charge in [-0.3, -0.25) is 4.79 Å². The van der Waals surface area contributed by atoms with Gasteiger partial charge in [-0.15, -0.1) is 0 Å². The molecule has 0 bridgehead atoms. The molecule has 1 amide bonds. The van der Waals surface area contributed by atoms with Gasteiger partial charge in [0.1, 0.15) is 17.0 Å². The number of fused-ring (bicyclic) bond motifs is 1. The molecule has 6 heteroatoms. The summed E-state index contributed by atoms with van der Waals surface area (Å²) in [5.41, 5.74) is 2.62. The fourth-order valence-electron chi connectivity index (χ4n) is 2.22. The maximum Gasteiger partial charge on any atom is 0.291 e. The minimum atomic E-state index is -0.371. The fraction of sp³-hybridized carbons (Fsp3) is 0.176. The van der Waals surface area contributed by atoms with E-state index in [-0.39, 0.29) is 11.7 Å². The standard InChI is InChI=1S/C17H16N2O4/c1-10-4-7-14-13(18-10)9-16(23-14)17(20)19-12-6-5-11(21-2)8-15(12)22-3/h4-9H,1-3H3,(H,19,20). The number of carbonyl (C=O) groups excluding carboxylic acids is 1. The quantitative estimate of drug-likeness (QED) is 0.799. The van der Waals surface area contributed by atoms with Crippen LogP contribution in [0.5, 0.6) is 11.5 Å². The second kappa shape index (κ2) is 6.00. The van der Waals surface area contributed by atoms with E-state index in [1.165, 1.54) is 7.11 Å². The Labute approximate surface area is 133 Å². The largest absolute Gasteiger partial charge is 0.497 e. The second-order valence-electron chi connectivity index (χ2n) is 4.97. The Bertz CT molecular complexity index is 870. The van der Waals surface area contributed by atoms with Crippen molar-refractivity contribution in [2.45, 2.75) is 6.92 Å². The van der Waals surface area contributed by atoms with E-state index < -0.39 is 0 Å². The van der Waals surface area contributed by atoms with Crippen LogP contribution < -0.4 is 14.8 Å². The molecule has 0 saturated heterocycles. The van der Waals surface area contributed by atoms with E-state index in [1.807, 2.05) is 13.0 Å². The van der Waals surface area contributed by atoms with Crippen molar-refractivity contribution in [2.75, 3.05) is 19.5 Å². The van der Waals surface area contributed by atoms with Gasteiger partial charge in [-0.05, 0) is 31.2 Å². The second-order valence-corrected chi connectivity index (χ2v) is 4.97. The highest BCUT2D eigenvalue weighted by Gasteiger charge is 2.15. The topological polar surface area (TPSA) is 73.6 Å². The van der Waals surface area contributed by atoms with Crippen LogP contribution in [0.4, 0.5) is 5.69 Å². The summed E-state index contributed by atoms with van der Waals surface area (Å²) in [5.74, 6) is 0.964. The van der Waals surface area contributed by atoms with E-state index in [0.717, 1.165) is 5.69 Å². The third-order valence-electron chi connectivity index (χ3n) is 3.39. The lowest BCUT2D eigenvalue weighted by Crippen LogP contribution is -2.11. The number of furan rings is 1. The molecule has 3 aromatic rings. The monoisotopic (exact) mass is 312 g/mol. The number of rotatable bonds is 4. The van der Waals surface area contributed by atoms with Crippen LogP contribution in [-0.2, 0) is 0 Å². The third-order valence-corrected chi connectivity index (χ3v) is 3.39. The Balaban J connectivity index is 1.88. The number of nitrogens with one attached hydrogen (secondary N) is 1. The molecule has 3 rings (SSSR count). The van der Waals surface area contributed by atoms with E-state index in [9.17, 15) is 4.79 Å². The number of aryl methyl sites for hydroxylation is 1. The molecular formula is C17H16N2O4. The number of carbonyl (C=O) groups is 1. The molecule has 1 aromatic carbocycles. The lowest BCUT2D eigenvalue weighted by molar-refractivity contribution is 0.0998. The van der Waals surface area contributed by atoms with Crippen molar-refractivity contribution < 1.29 is 18.7 Å². The first kappa shape index (κ1) is 14.9. The van der Waals surface area contributed by atoms with Crippen molar-refractivity contribution in [3.05, 3.63) is 47.9 Å². The van der Waals surface area contributed by atoms with Crippen molar-refractivity contribution in [3.8, 4) is 11.5 Å². The number of amides is 1. The van der Waals surface area contributed by atoms with E-state index in [1.54, 1.807) is 37.4 Å². The lowest BCUT2D eigenvalue weighted by atomic mass is 10.2. The Morgan fingerprint density at radius 3 is 2.70 bits per heavy atom. The summed E-state index contributed by atoms with van der Waals surface area (Å²) in [4.78, 5) is 16.7. The number of hydrogen-bond donors (Lipinski definition) is 1. The summed E-state index contributed by atoms with van der Waals surface area (Å²) in [7, 11) is 3.09. The van der Waals surface area contributed by atoms with Gasteiger partial charge in [0.05, 0.1) is 19.9 Å². The first-order valence-electron chi connectivity index (χ1n) is 7.01. The predicted molar refractivity (Wildman–Crippen MR) is 86.2 cm³/mol. The molecule has 0 aliphatic rings. The maximum atomic E-state index is 12.4. The fourth-order valence-corrected chi connectivity index (χ4v) is 2.22. The molecule has 0 saturated carbocycles. The van der Waals surface area contributed by atoms with Gasteiger partial charge >= 0.3 is 0 Å². The van der Waals surface area contributed by atoms with Gasteiger partial charge in [0.15, 0.2) is 11.3 Å². The minimum absolute atomic E-state index is 0.191. The van der Waals surface area contributed by atoms with Crippen molar-refractivity contribution in [3.63, 3.8) is 0 Å². The third kappa shape index (κ3) is 2.96. The summed E-state index contributed by atoms with van der Waals surface area (Å²) < 4.78 is 15.9. The Hall–Kier alpha value is -3.02. The zero-order chi connectivity index (χ0) is 16.4. The number of aromatic nitrogens is 1.